The van der Waals surface area contributed by atoms with Gasteiger partial charge in [0.05, 0.1) is 17.9 Å². The minimum Gasteiger partial charge on any atom is -0.451 e. The number of methoxy groups -OCH3 is 1. The Kier molecular flexibility index (Phi) is 5.64. The smallest absolute Gasteiger partial charge is 0.326 e. The number of amides is 2. The topological polar surface area (TPSA) is 102 Å². The molecule has 8 nitrogen and oxygen atoms in total. The normalized spacial score (nSPS) is 14.3. The molecule has 0 bridgehead atoms. The molecule has 0 unspecified atom stereocenters. The van der Waals surface area contributed by atoms with Crippen molar-refractivity contribution < 1.29 is 28.7 Å². The monoisotopic (exact) mass is 334 g/mol. The summed E-state index contributed by atoms with van der Waals surface area (Å²) in [6.07, 6.45) is -1.02. The number of nitrogens with one attached hydrogen (secondary N) is 1. The van der Waals surface area contributed by atoms with Crippen LogP contribution in [0.1, 0.15) is 17.3 Å². The lowest BCUT2D eigenvalue weighted by atomic mass is 10.1. The van der Waals surface area contributed by atoms with E-state index in [4.69, 9.17) is 9.47 Å². The quantitative estimate of drug-likeness (QED) is 0.425. The third kappa shape index (κ3) is 3.77. The zero-order chi connectivity index (χ0) is 17.7. The molecule has 0 aliphatic carbocycles. The summed E-state index contributed by atoms with van der Waals surface area (Å²) in [5.74, 6) is -2.69. The highest BCUT2D eigenvalue weighted by Crippen LogP contribution is 2.28. The third-order valence-corrected chi connectivity index (χ3v) is 3.45. The van der Waals surface area contributed by atoms with E-state index >= 15 is 0 Å². The summed E-state index contributed by atoms with van der Waals surface area (Å²) in [6.45, 7) is 1.62. The largest absolute Gasteiger partial charge is 0.451 e. The fourth-order valence-electron chi connectivity index (χ4n) is 2.24. The van der Waals surface area contributed by atoms with E-state index in [9.17, 15) is 19.2 Å². The number of anilines is 1. The highest BCUT2D eigenvalue weighted by atomic mass is 16.5. The number of hydrogen-bond donors (Lipinski definition) is 1. The number of hydrogen-bond acceptors (Lipinski definition) is 6. The van der Waals surface area contributed by atoms with Crippen LogP contribution >= 0.6 is 0 Å². The Labute approximate surface area is 138 Å². The van der Waals surface area contributed by atoms with Crippen LogP contribution < -0.4 is 10.2 Å². The number of Topliss-reactive ketones (excluding diaryl/α,β-unsaturated/α-hetero) is 1. The van der Waals surface area contributed by atoms with Gasteiger partial charge in [-0.25, -0.2) is 0 Å². The minimum absolute atomic E-state index is 0.251. The summed E-state index contributed by atoms with van der Waals surface area (Å²) < 4.78 is 9.80. The van der Waals surface area contributed by atoms with Crippen LogP contribution in [0.5, 0.6) is 0 Å². The first-order chi connectivity index (χ1) is 11.5. The van der Waals surface area contributed by atoms with Gasteiger partial charge in [0.2, 0.25) is 0 Å². The lowest BCUT2D eigenvalue weighted by Gasteiger charge is -2.18. The summed E-state index contributed by atoms with van der Waals surface area (Å²) in [5, 5.41) is 2.54. The Morgan fingerprint density at radius 1 is 1.25 bits per heavy atom. The lowest BCUT2D eigenvalue weighted by Crippen LogP contribution is -2.41. The molecule has 1 N–H and O–H groups in total. The number of para-hydroxylation sites is 1. The predicted molar refractivity (Wildman–Crippen MR) is 83.6 cm³/mol. The van der Waals surface area contributed by atoms with Gasteiger partial charge in [0.1, 0.15) is 6.54 Å². The SMILES string of the molecule is COCCNC(=O)[C@@H](C)OC(=O)CN1C(=O)C(=O)c2ccccc21. The lowest BCUT2D eigenvalue weighted by molar-refractivity contribution is -0.153. The number of ketones is 1. The van der Waals surface area contributed by atoms with Crippen LogP contribution in [0.2, 0.25) is 0 Å². The van der Waals surface area contributed by atoms with Gasteiger partial charge in [-0.3, -0.25) is 24.1 Å². The molecule has 24 heavy (non-hydrogen) atoms. The molecule has 1 aliphatic heterocycles. The van der Waals surface area contributed by atoms with Gasteiger partial charge in [-0.2, -0.15) is 0 Å². The number of benzene rings is 1. The standard InChI is InChI=1S/C16H18N2O6/c1-10(15(21)17-7-8-23-2)24-13(19)9-18-12-6-4-3-5-11(12)14(20)16(18)22/h3-6,10H,7-9H2,1-2H3,(H,17,21)/t10-/m1/s1. The van der Waals surface area contributed by atoms with Gasteiger partial charge in [-0.05, 0) is 19.1 Å². The number of carbonyl (C=O) groups is 4. The van der Waals surface area contributed by atoms with E-state index in [2.05, 4.69) is 5.32 Å². The third-order valence-electron chi connectivity index (χ3n) is 3.45. The Hall–Kier alpha value is -2.74. The average Bonchev–Trinajstić information content (AvgIpc) is 2.80. The van der Waals surface area contributed by atoms with E-state index in [-0.39, 0.29) is 5.56 Å². The van der Waals surface area contributed by atoms with Crippen molar-refractivity contribution in [3.63, 3.8) is 0 Å². The molecule has 1 atom stereocenters. The van der Waals surface area contributed by atoms with Crippen molar-refractivity contribution in [3.8, 4) is 0 Å². The summed E-state index contributed by atoms with van der Waals surface area (Å²) >= 11 is 0. The van der Waals surface area contributed by atoms with Crippen LogP contribution in [0.3, 0.4) is 0 Å². The van der Waals surface area contributed by atoms with E-state index in [0.29, 0.717) is 18.8 Å². The molecule has 8 heteroatoms. The molecule has 2 amide bonds. The second kappa shape index (κ2) is 7.69. The van der Waals surface area contributed by atoms with Crippen LogP contribution in [0.15, 0.2) is 24.3 Å². The Morgan fingerprint density at radius 2 is 1.96 bits per heavy atom. The van der Waals surface area contributed by atoms with Crippen molar-refractivity contribution >= 4 is 29.3 Å². The van der Waals surface area contributed by atoms with E-state index in [1.807, 2.05) is 0 Å². The molecule has 1 aromatic carbocycles. The molecule has 0 radical (unpaired) electrons. The molecule has 0 spiro atoms. The van der Waals surface area contributed by atoms with Crippen LogP contribution in [0.25, 0.3) is 0 Å². The first-order valence-corrected chi connectivity index (χ1v) is 7.37. The van der Waals surface area contributed by atoms with Gasteiger partial charge in [-0.15, -0.1) is 0 Å². The molecule has 0 fully saturated rings. The van der Waals surface area contributed by atoms with Gasteiger partial charge >= 0.3 is 5.97 Å². The Balaban J connectivity index is 1.94. The highest BCUT2D eigenvalue weighted by Gasteiger charge is 2.37. The molecular formula is C16H18N2O6. The number of rotatable bonds is 7. The number of nitrogens with zero attached hydrogens (tertiary/aromatic N) is 1. The van der Waals surface area contributed by atoms with Gasteiger partial charge in [0.25, 0.3) is 17.6 Å². The van der Waals surface area contributed by atoms with E-state index in [1.54, 1.807) is 18.2 Å². The number of esters is 1. The predicted octanol–water partition coefficient (Wildman–Crippen LogP) is -0.0898. The summed E-state index contributed by atoms with van der Waals surface area (Å²) in [7, 11) is 1.50. The van der Waals surface area contributed by atoms with E-state index < -0.39 is 36.2 Å². The van der Waals surface area contributed by atoms with Crippen LogP contribution in [-0.2, 0) is 23.9 Å². The fourth-order valence-corrected chi connectivity index (χ4v) is 2.24. The zero-order valence-corrected chi connectivity index (χ0v) is 13.4. The summed E-state index contributed by atoms with van der Waals surface area (Å²) in [5.41, 5.74) is 0.613. The fraction of sp³-hybridized carbons (Fsp3) is 0.375. The van der Waals surface area contributed by atoms with Crippen LogP contribution in [0, 0.1) is 0 Å². The summed E-state index contributed by atoms with van der Waals surface area (Å²) in [6, 6.07) is 6.40. The molecule has 1 aliphatic rings. The van der Waals surface area contributed by atoms with Gasteiger partial charge in [0, 0.05) is 13.7 Å². The first kappa shape index (κ1) is 17.6. The molecule has 0 saturated carbocycles. The van der Waals surface area contributed by atoms with Crippen molar-refractivity contribution in [1.29, 1.82) is 0 Å². The molecule has 2 rings (SSSR count). The maximum absolute atomic E-state index is 12.0. The minimum atomic E-state index is -1.02. The Bertz CT molecular complexity index is 672. The average molecular weight is 334 g/mol. The first-order valence-electron chi connectivity index (χ1n) is 7.37. The molecule has 1 heterocycles. The maximum Gasteiger partial charge on any atom is 0.326 e. The number of ether oxygens (including phenoxy) is 2. The van der Waals surface area contributed by atoms with Crippen LogP contribution in [-0.4, -0.2) is 56.5 Å². The van der Waals surface area contributed by atoms with Crippen LogP contribution in [0.4, 0.5) is 5.69 Å². The van der Waals surface area contributed by atoms with Gasteiger partial charge in [0.15, 0.2) is 6.10 Å². The van der Waals surface area contributed by atoms with Crippen molar-refractivity contribution in [3.05, 3.63) is 29.8 Å². The second-order valence-corrected chi connectivity index (χ2v) is 5.15. The number of carbonyl (C=O) groups excluding carboxylic acids is 4. The van der Waals surface area contributed by atoms with E-state index in [0.717, 1.165) is 4.90 Å². The van der Waals surface area contributed by atoms with Gasteiger partial charge in [-0.1, -0.05) is 12.1 Å². The highest BCUT2D eigenvalue weighted by molar-refractivity contribution is 6.52. The second-order valence-electron chi connectivity index (χ2n) is 5.15. The molecule has 0 saturated heterocycles. The molecule has 0 aromatic heterocycles. The number of fused-ring (bicyclic) bond motifs is 1. The van der Waals surface area contributed by atoms with Crippen molar-refractivity contribution in [2.75, 3.05) is 31.7 Å². The maximum atomic E-state index is 12.0. The van der Waals surface area contributed by atoms with Gasteiger partial charge < -0.3 is 14.8 Å². The molecule has 1 aromatic rings. The summed E-state index contributed by atoms with van der Waals surface area (Å²) in [4.78, 5) is 48.6. The Morgan fingerprint density at radius 3 is 2.67 bits per heavy atom. The van der Waals surface area contributed by atoms with Crippen molar-refractivity contribution in [1.82, 2.24) is 5.32 Å². The van der Waals surface area contributed by atoms with Crippen molar-refractivity contribution in [2.24, 2.45) is 0 Å². The molecule has 128 valence electrons. The van der Waals surface area contributed by atoms with Crippen molar-refractivity contribution in [2.45, 2.75) is 13.0 Å². The molecular weight excluding hydrogens is 316 g/mol. The zero-order valence-electron chi connectivity index (χ0n) is 13.4. The van der Waals surface area contributed by atoms with E-state index in [1.165, 1.54) is 20.1 Å².